The van der Waals surface area contributed by atoms with Crippen LogP contribution >= 0.6 is 15.9 Å². The van der Waals surface area contributed by atoms with Crippen molar-refractivity contribution in [2.24, 2.45) is 0 Å². The number of benzene rings is 1. The van der Waals surface area contributed by atoms with Gasteiger partial charge in [-0.25, -0.2) is 0 Å². The van der Waals surface area contributed by atoms with Crippen molar-refractivity contribution in [2.45, 2.75) is 13.3 Å². The van der Waals surface area contributed by atoms with E-state index in [1.807, 2.05) is 6.07 Å². The van der Waals surface area contributed by atoms with Crippen LogP contribution in [-0.2, 0) is 9.47 Å². The second-order valence-corrected chi connectivity index (χ2v) is 4.76. The van der Waals surface area contributed by atoms with Crippen LogP contribution in [0, 0.1) is 6.92 Å². The van der Waals surface area contributed by atoms with Gasteiger partial charge in [0.05, 0.1) is 13.2 Å². The molecule has 1 aromatic carbocycles. The van der Waals surface area contributed by atoms with Crippen molar-refractivity contribution in [2.75, 3.05) is 38.8 Å². The molecule has 0 saturated carbocycles. The Morgan fingerprint density at radius 1 is 1.24 bits per heavy atom. The van der Waals surface area contributed by atoms with Crippen LogP contribution in [0.2, 0.25) is 0 Å². The van der Waals surface area contributed by atoms with E-state index in [0.717, 1.165) is 24.0 Å². The Morgan fingerprint density at radius 3 is 2.82 bits per heavy atom. The topological polar surface area (TPSA) is 30.5 Å². The van der Waals surface area contributed by atoms with Gasteiger partial charge in [-0.2, -0.15) is 0 Å². The van der Waals surface area contributed by atoms with Crippen molar-refractivity contribution in [3.63, 3.8) is 0 Å². The molecule has 4 heteroatoms. The van der Waals surface area contributed by atoms with Crippen LogP contribution in [0.25, 0.3) is 0 Å². The molecule has 0 aromatic heterocycles. The van der Waals surface area contributed by atoms with Crippen molar-refractivity contribution in [1.29, 1.82) is 0 Å². The summed E-state index contributed by atoms with van der Waals surface area (Å²) in [6.45, 7) is 5.13. The lowest BCUT2D eigenvalue weighted by Crippen LogP contribution is -2.08. The predicted octanol–water partition coefficient (Wildman–Crippen LogP) is 3.22. The van der Waals surface area contributed by atoms with Gasteiger partial charge in [-0.1, -0.05) is 22.0 Å². The van der Waals surface area contributed by atoms with Gasteiger partial charge in [0.15, 0.2) is 0 Å². The second kappa shape index (κ2) is 8.50. The Kier molecular flexibility index (Phi) is 7.24. The summed E-state index contributed by atoms with van der Waals surface area (Å²) in [5.74, 6) is 0. The standard InChI is InChI=1S/C13H20BrNO2/c1-11-4-5-12(14)10-13(11)15-6-3-7-17-9-8-16-2/h4-5,10,15H,3,6-9H2,1-2H3. The van der Waals surface area contributed by atoms with Gasteiger partial charge in [0.2, 0.25) is 0 Å². The lowest BCUT2D eigenvalue weighted by Gasteiger charge is -2.10. The summed E-state index contributed by atoms with van der Waals surface area (Å²) in [7, 11) is 1.68. The second-order valence-electron chi connectivity index (χ2n) is 3.84. The fourth-order valence-corrected chi connectivity index (χ4v) is 1.79. The molecule has 0 heterocycles. The highest BCUT2D eigenvalue weighted by molar-refractivity contribution is 9.10. The lowest BCUT2D eigenvalue weighted by atomic mass is 10.2. The third kappa shape index (κ3) is 6.05. The normalized spacial score (nSPS) is 10.5. The Hall–Kier alpha value is -0.580. The van der Waals surface area contributed by atoms with Gasteiger partial charge in [0.1, 0.15) is 0 Å². The Bertz CT molecular complexity index is 331. The lowest BCUT2D eigenvalue weighted by molar-refractivity contribution is 0.0705. The fraction of sp³-hybridized carbons (Fsp3) is 0.538. The van der Waals surface area contributed by atoms with Crippen LogP contribution in [0.5, 0.6) is 0 Å². The molecule has 0 unspecified atom stereocenters. The molecule has 0 aliphatic heterocycles. The quantitative estimate of drug-likeness (QED) is 0.748. The van der Waals surface area contributed by atoms with Gasteiger partial charge in [-0.15, -0.1) is 0 Å². The number of ether oxygens (including phenoxy) is 2. The highest BCUT2D eigenvalue weighted by atomic mass is 79.9. The molecule has 0 aliphatic carbocycles. The van der Waals surface area contributed by atoms with Crippen molar-refractivity contribution >= 4 is 21.6 Å². The van der Waals surface area contributed by atoms with E-state index in [1.54, 1.807) is 7.11 Å². The molecule has 0 radical (unpaired) electrons. The summed E-state index contributed by atoms with van der Waals surface area (Å²) in [6.07, 6.45) is 0.996. The number of aryl methyl sites for hydroxylation is 1. The predicted molar refractivity (Wildman–Crippen MR) is 74.7 cm³/mol. The van der Waals surface area contributed by atoms with Gasteiger partial charge in [-0.3, -0.25) is 0 Å². The number of hydrogen-bond acceptors (Lipinski definition) is 3. The van der Waals surface area contributed by atoms with Crippen LogP contribution in [0.1, 0.15) is 12.0 Å². The van der Waals surface area contributed by atoms with Gasteiger partial charge in [0.25, 0.3) is 0 Å². The van der Waals surface area contributed by atoms with Crippen LogP contribution in [0.4, 0.5) is 5.69 Å². The van der Waals surface area contributed by atoms with E-state index in [9.17, 15) is 0 Å². The molecule has 0 fully saturated rings. The van der Waals surface area contributed by atoms with Crippen LogP contribution in [0.3, 0.4) is 0 Å². The third-order valence-corrected chi connectivity index (χ3v) is 2.91. The molecule has 1 aromatic rings. The van der Waals surface area contributed by atoms with E-state index in [1.165, 1.54) is 11.3 Å². The van der Waals surface area contributed by atoms with Crippen molar-refractivity contribution in [3.8, 4) is 0 Å². The molecule has 17 heavy (non-hydrogen) atoms. The molecule has 0 spiro atoms. The molecule has 0 bridgehead atoms. The summed E-state index contributed by atoms with van der Waals surface area (Å²) < 4.78 is 11.4. The monoisotopic (exact) mass is 301 g/mol. The van der Waals surface area contributed by atoms with Crippen LogP contribution in [-0.4, -0.2) is 33.5 Å². The zero-order valence-electron chi connectivity index (χ0n) is 10.5. The molecular formula is C13H20BrNO2. The summed E-state index contributed by atoms with van der Waals surface area (Å²) in [4.78, 5) is 0. The smallest absolute Gasteiger partial charge is 0.0700 e. The fourth-order valence-electron chi connectivity index (χ4n) is 1.43. The van der Waals surface area contributed by atoms with E-state index in [0.29, 0.717) is 13.2 Å². The average Bonchev–Trinajstić information content (AvgIpc) is 2.32. The molecule has 0 aliphatic rings. The molecule has 0 atom stereocenters. The maximum atomic E-state index is 5.39. The number of rotatable bonds is 8. The first-order valence-corrected chi connectivity index (χ1v) is 6.60. The number of methoxy groups -OCH3 is 1. The average molecular weight is 302 g/mol. The largest absolute Gasteiger partial charge is 0.385 e. The van der Waals surface area contributed by atoms with E-state index in [2.05, 4.69) is 40.3 Å². The van der Waals surface area contributed by atoms with E-state index in [4.69, 9.17) is 9.47 Å². The van der Waals surface area contributed by atoms with Gasteiger partial charge < -0.3 is 14.8 Å². The first-order valence-electron chi connectivity index (χ1n) is 5.80. The van der Waals surface area contributed by atoms with E-state index in [-0.39, 0.29) is 0 Å². The number of anilines is 1. The summed E-state index contributed by atoms with van der Waals surface area (Å²) in [5.41, 5.74) is 2.43. The van der Waals surface area contributed by atoms with Crippen molar-refractivity contribution in [1.82, 2.24) is 0 Å². The summed E-state index contributed by atoms with van der Waals surface area (Å²) >= 11 is 3.47. The first kappa shape index (κ1) is 14.5. The van der Waals surface area contributed by atoms with E-state index >= 15 is 0 Å². The third-order valence-electron chi connectivity index (χ3n) is 2.41. The number of halogens is 1. The molecule has 1 N–H and O–H groups in total. The first-order chi connectivity index (χ1) is 8.24. The molecule has 0 saturated heterocycles. The van der Waals surface area contributed by atoms with Crippen LogP contribution < -0.4 is 5.32 Å². The summed E-state index contributed by atoms with van der Waals surface area (Å²) in [5, 5.41) is 3.40. The van der Waals surface area contributed by atoms with Crippen molar-refractivity contribution in [3.05, 3.63) is 28.2 Å². The molecular weight excluding hydrogens is 282 g/mol. The zero-order chi connectivity index (χ0) is 12.5. The zero-order valence-corrected chi connectivity index (χ0v) is 12.0. The van der Waals surface area contributed by atoms with Crippen molar-refractivity contribution < 1.29 is 9.47 Å². The minimum Gasteiger partial charge on any atom is -0.385 e. The highest BCUT2D eigenvalue weighted by Gasteiger charge is 1.98. The Morgan fingerprint density at radius 2 is 2.06 bits per heavy atom. The highest BCUT2D eigenvalue weighted by Crippen LogP contribution is 2.20. The minimum absolute atomic E-state index is 0.665. The molecule has 0 amide bonds. The van der Waals surface area contributed by atoms with E-state index < -0.39 is 0 Å². The Balaban J connectivity index is 2.15. The maximum absolute atomic E-state index is 5.39. The molecule has 3 nitrogen and oxygen atoms in total. The van der Waals surface area contributed by atoms with Crippen LogP contribution in [0.15, 0.2) is 22.7 Å². The maximum Gasteiger partial charge on any atom is 0.0700 e. The molecule has 96 valence electrons. The van der Waals surface area contributed by atoms with Gasteiger partial charge >= 0.3 is 0 Å². The number of hydrogen-bond donors (Lipinski definition) is 1. The number of nitrogens with one attached hydrogen (secondary N) is 1. The van der Waals surface area contributed by atoms with Gasteiger partial charge in [0, 0.05) is 30.4 Å². The molecule has 1 rings (SSSR count). The summed E-state index contributed by atoms with van der Waals surface area (Å²) in [6, 6.07) is 6.25. The SMILES string of the molecule is COCCOCCCNc1cc(Br)ccc1C. The minimum atomic E-state index is 0.665. The van der Waals surface area contributed by atoms with Gasteiger partial charge in [-0.05, 0) is 31.0 Å². The Labute approximate surface area is 112 Å².